The molecule has 3 rings (SSSR count). The number of aryl methyl sites for hydroxylation is 1. The van der Waals surface area contributed by atoms with E-state index in [2.05, 4.69) is 40.4 Å². The fourth-order valence-electron chi connectivity index (χ4n) is 3.47. The van der Waals surface area contributed by atoms with Gasteiger partial charge in [-0.25, -0.2) is 0 Å². The molecule has 3 nitrogen and oxygen atoms in total. The fourth-order valence-corrected chi connectivity index (χ4v) is 4.18. The van der Waals surface area contributed by atoms with Crippen LogP contribution >= 0.6 is 11.3 Å². The Morgan fingerprint density at radius 1 is 1.35 bits per heavy atom. The molecule has 0 amide bonds. The van der Waals surface area contributed by atoms with E-state index in [9.17, 15) is 0 Å². The normalized spacial score (nSPS) is 21.8. The van der Waals surface area contributed by atoms with E-state index in [1.807, 2.05) is 29.8 Å². The SMILES string of the molecule is CCOCC1(CCc2cccs2)CCN(Cc2cccnc2)C1. The van der Waals surface area contributed by atoms with E-state index in [4.69, 9.17) is 4.74 Å². The lowest BCUT2D eigenvalue weighted by Crippen LogP contribution is -2.32. The molecule has 23 heavy (non-hydrogen) atoms. The molecule has 1 unspecified atom stereocenters. The first-order chi connectivity index (χ1) is 11.3. The first-order valence-corrected chi connectivity index (χ1v) is 9.39. The van der Waals surface area contributed by atoms with Crippen molar-refractivity contribution in [1.29, 1.82) is 0 Å². The Hall–Kier alpha value is -1.23. The van der Waals surface area contributed by atoms with Gasteiger partial charge in [0.1, 0.15) is 0 Å². The second kappa shape index (κ2) is 8.04. The van der Waals surface area contributed by atoms with Gasteiger partial charge in [-0.15, -0.1) is 11.3 Å². The molecule has 0 aliphatic carbocycles. The number of likely N-dealkylation sites (tertiary alicyclic amines) is 1. The van der Waals surface area contributed by atoms with E-state index in [1.165, 1.54) is 29.7 Å². The van der Waals surface area contributed by atoms with Crippen molar-refractivity contribution >= 4 is 11.3 Å². The summed E-state index contributed by atoms with van der Waals surface area (Å²) in [5.74, 6) is 0. The first kappa shape index (κ1) is 16.6. The zero-order chi connectivity index (χ0) is 16.0. The number of nitrogens with zero attached hydrogens (tertiary/aromatic N) is 2. The van der Waals surface area contributed by atoms with Crippen LogP contribution < -0.4 is 0 Å². The van der Waals surface area contributed by atoms with Crippen molar-refractivity contribution in [3.05, 3.63) is 52.5 Å². The number of ether oxygens (including phenoxy) is 1. The monoisotopic (exact) mass is 330 g/mol. The molecule has 124 valence electrons. The smallest absolute Gasteiger partial charge is 0.0535 e. The van der Waals surface area contributed by atoms with Crippen molar-refractivity contribution < 1.29 is 4.74 Å². The zero-order valence-electron chi connectivity index (χ0n) is 13.9. The van der Waals surface area contributed by atoms with E-state index in [-0.39, 0.29) is 0 Å². The molecule has 2 aromatic heterocycles. The minimum Gasteiger partial charge on any atom is -0.381 e. The van der Waals surface area contributed by atoms with Crippen LogP contribution in [0.2, 0.25) is 0 Å². The van der Waals surface area contributed by atoms with Crippen molar-refractivity contribution in [3.63, 3.8) is 0 Å². The number of hydrogen-bond donors (Lipinski definition) is 0. The van der Waals surface area contributed by atoms with Gasteiger partial charge >= 0.3 is 0 Å². The third-order valence-corrected chi connectivity index (χ3v) is 5.68. The lowest BCUT2D eigenvalue weighted by atomic mass is 9.83. The summed E-state index contributed by atoms with van der Waals surface area (Å²) < 4.78 is 5.85. The largest absolute Gasteiger partial charge is 0.381 e. The van der Waals surface area contributed by atoms with E-state index >= 15 is 0 Å². The van der Waals surface area contributed by atoms with Gasteiger partial charge in [-0.3, -0.25) is 9.88 Å². The second-order valence-electron chi connectivity index (χ2n) is 6.54. The van der Waals surface area contributed by atoms with Crippen molar-refractivity contribution in [1.82, 2.24) is 9.88 Å². The van der Waals surface area contributed by atoms with E-state index in [0.29, 0.717) is 5.41 Å². The Kier molecular flexibility index (Phi) is 5.81. The van der Waals surface area contributed by atoms with E-state index < -0.39 is 0 Å². The topological polar surface area (TPSA) is 25.4 Å². The fraction of sp³-hybridized carbons (Fsp3) is 0.526. The quantitative estimate of drug-likeness (QED) is 0.731. The second-order valence-corrected chi connectivity index (χ2v) is 7.57. The molecule has 0 saturated carbocycles. The maximum absolute atomic E-state index is 5.85. The van der Waals surface area contributed by atoms with Crippen LogP contribution in [0.25, 0.3) is 0 Å². The van der Waals surface area contributed by atoms with Gasteiger partial charge in [-0.05, 0) is 55.8 Å². The molecule has 0 aromatic carbocycles. The predicted molar refractivity (Wildman–Crippen MR) is 95.7 cm³/mol. The summed E-state index contributed by atoms with van der Waals surface area (Å²) in [6, 6.07) is 8.59. The van der Waals surface area contributed by atoms with Gasteiger partial charge in [0.05, 0.1) is 6.61 Å². The lowest BCUT2D eigenvalue weighted by Gasteiger charge is -2.29. The number of pyridine rings is 1. The highest BCUT2D eigenvalue weighted by molar-refractivity contribution is 7.09. The molecule has 1 saturated heterocycles. The zero-order valence-corrected chi connectivity index (χ0v) is 14.7. The molecule has 0 N–H and O–H groups in total. The minimum atomic E-state index is 0.308. The van der Waals surface area contributed by atoms with Crippen LogP contribution in [0.15, 0.2) is 42.0 Å². The highest BCUT2D eigenvalue weighted by Crippen LogP contribution is 2.36. The molecule has 0 bridgehead atoms. The molecular weight excluding hydrogens is 304 g/mol. The number of thiophene rings is 1. The van der Waals surface area contributed by atoms with Crippen molar-refractivity contribution in [2.45, 2.75) is 32.7 Å². The highest BCUT2D eigenvalue weighted by atomic mass is 32.1. The Bertz CT molecular complexity index is 572. The average Bonchev–Trinajstić information content (AvgIpc) is 3.23. The summed E-state index contributed by atoms with van der Waals surface area (Å²) in [7, 11) is 0. The van der Waals surface area contributed by atoms with Crippen LogP contribution in [0.3, 0.4) is 0 Å². The summed E-state index contributed by atoms with van der Waals surface area (Å²) in [4.78, 5) is 8.28. The Morgan fingerprint density at radius 2 is 2.30 bits per heavy atom. The van der Waals surface area contributed by atoms with Crippen molar-refractivity contribution in [2.24, 2.45) is 5.41 Å². The van der Waals surface area contributed by atoms with Gasteiger partial charge in [0.15, 0.2) is 0 Å². The summed E-state index contributed by atoms with van der Waals surface area (Å²) in [5.41, 5.74) is 1.61. The molecule has 0 spiro atoms. The standard InChI is InChI=1S/C19H26N2OS/c1-2-22-16-19(8-7-18-6-4-12-23-18)9-11-21(15-19)14-17-5-3-10-20-13-17/h3-6,10,12-13H,2,7-9,11,14-16H2,1H3. The first-order valence-electron chi connectivity index (χ1n) is 8.51. The van der Waals surface area contributed by atoms with Crippen LogP contribution in [0.1, 0.15) is 30.2 Å². The molecule has 4 heteroatoms. The number of hydrogen-bond acceptors (Lipinski definition) is 4. The summed E-state index contributed by atoms with van der Waals surface area (Å²) in [6.07, 6.45) is 7.45. The Morgan fingerprint density at radius 3 is 3.04 bits per heavy atom. The van der Waals surface area contributed by atoms with Gasteiger partial charge in [-0.2, -0.15) is 0 Å². The molecular formula is C19H26N2OS. The lowest BCUT2D eigenvalue weighted by molar-refractivity contribution is 0.0490. The van der Waals surface area contributed by atoms with Crippen LogP contribution in [0.4, 0.5) is 0 Å². The van der Waals surface area contributed by atoms with E-state index in [0.717, 1.165) is 32.8 Å². The highest BCUT2D eigenvalue weighted by Gasteiger charge is 2.37. The summed E-state index contributed by atoms with van der Waals surface area (Å²) in [5, 5.41) is 2.17. The van der Waals surface area contributed by atoms with Crippen LogP contribution in [0, 0.1) is 5.41 Å². The van der Waals surface area contributed by atoms with Gasteiger partial charge in [0, 0.05) is 42.4 Å². The number of rotatable bonds is 8. The molecule has 1 aliphatic rings. The van der Waals surface area contributed by atoms with Crippen LogP contribution in [-0.2, 0) is 17.7 Å². The van der Waals surface area contributed by atoms with Crippen molar-refractivity contribution in [3.8, 4) is 0 Å². The predicted octanol–water partition coefficient (Wildman–Crippen LogP) is 4.00. The Labute approximate surface area is 143 Å². The number of aromatic nitrogens is 1. The Balaban J connectivity index is 1.60. The van der Waals surface area contributed by atoms with Gasteiger partial charge in [-0.1, -0.05) is 12.1 Å². The third kappa shape index (κ3) is 4.63. The molecule has 1 aliphatic heterocycles. The average molecular weight is 330 g/mol. The molecule has 2 aromatic rings. The van der Waals surface area contributed by atoms with Gasteiger partial charge in [0.25, 0.3) is 0 Å². The minimum absolute atomic E-state index is 0.308. The van der Waals surface area contributed by atoms with Crippen LogP contribution in [0.5, 0.6) is 0 Å². The molecule has 3 heterocycles. The third-order valence-electron chi connectivity index (χ3n) is 4.74. The summed E-state index contributed by atoms with van der Waals surface area (Å²) >= 11 is 1.87. The molecule has 1 atom stereocenters. The van der Waals surface area contributed by atoms with E-state index in [1.54, 1.807) is 0 Å². The maximum atomic E-state index is 5.85. The van der Waals surface area contributed by atoms with Gasteiger partial charge in [0.2, 0.25) is 0 Å². The van der Waals surface area contributed by atoms with Crippen molar-refractivity contribution in [2.75, 3.05) is 26.3 Å². The molecule has 0 radical (unpaired) electrons. The molecule has 1 fully saturated rings. The van der Waals surface area contributed by atoms with Crippen LogP contribution in [-0.4, -0.2) is 36.2 Å². The maximum Gasteiger partial charge on any atom is 0.0535 e. The van der Waals surface area contributed by atoms with Gasteiger partial charge < -0.3 is 4.74 Å². The summed E-state index contributed by atoms with van der Waals surface area (Å²) in [6.45, 7) is 7.08.